The van der Waals surface area contributed by atoms with Crippen molar-refractivity contribution in [2.24, 2.45) is 5.41 Å². The third-order valence-electron chi connectivity index (χ3n) is 2.27. The highest BCUT2D eigenvalue weighted by Gasteiger charge is 2.29. The number of ether oxygens (including phenoxy) is 1. The lowest BCUT2D eigenvalue weighted by atomic mass is 9.95. The van der Waals surface area contributed by atoms with Gasteiger partial charge in [-0.3, -0.25) is 4.79 Å². The molecule has 17 heavy (non-hydrogen) atoms. The number of anilines is 1. The van der Waals surface area contributed by atoms with Gasteiger partial charge in [0, 0.05) is 5.69 Å². The summed E-state index contributed by atoms with van der Waals surface area (Å²) in [5.41, 5.74) is 5.19. The van der Waals surface area contributed by atoms with Crippen LogP contribution in [0.25, 0.3) is 0 Å². The molecule has 0 aliphatic heterocycles. The van der Waals surface area contributed by atoms with Gasteiger partial charge in [-0.15, -0.1) is 0 Å². The van der Waals surface area contributed by atoms with Gasteiger partial charge in [0.05, 0.1) is 11.0 Å². The van der Waals surface area contributed by atoms with Gasteiger partial charge in [0.1, 0.15) is 6.61 Å². The largest absolute Gasteiger partial charge is 0.481 e. The number of carboxylic acid groups (broad SMARTS) is 1. The second kappa shape index (κ2) is 4.86. The van der Waals surface area contributed by atoms with Gasteiger partial charge >= 0.3 is 11.9 Å². The van der Waals surface area contributed by atoms with E-state index < -0.39 is 17.4 Å². The van der Waals surface area contributed by atoms with E-state index in [0.717, 1.165) is 0 Å². The van der Waals surface area contributed by atoms with Crippen LogP contribution in [0.4, 0.5) is 5.69 Å². The van der Waals surface area contributed by atoms with E-state index in [1.165, 1.54) is 19.9 Å². The van der Waals surface area contributed by atoms with Crippen LogP contribution < -0.4 is 5.73 Å². The van der Waals surface area contributed by atoms with Crippen molar-refractivity contribution < 1.29 is 19.4 Å². The third kappa shape index (κ3) is 3.48. The van der Waals surface area contributed by atoms with Crippen molar-refractivity contribution in [2.75, 3.05) is 12.3 Å². The van der Waals surface area contributed by atoms with E-state index in [-0.39, 0.29) is 6.61 Å². The molecule has 0 aliphatic rings. The highest BCUT2D eigenvalue weighted by molar-refractivity contribution is 5.90. The Bertz CT molecular complexity index is 440. The molecule has 3 N–H and O–H groups in total. The van der Waals surface area contributed by atoms with Crippen LogP contribution in [0.3, 0.4) is 0 Å². The fourth-order valence-electron chi connectivity index (χ4n) is 1.06. The maximum Gasteiger partial charge on any atom is 0.338 e. The molecule has 0 bridgehead atoms. The molecule has 5 heteroatoms. The van der Waals surface area contributed by atoms with E-state index in [0.29, 0.717) is 11.3 Å². The number of nitrogens with two attached hydrogens (primary N) is 1. The Hall–Kier alpha value is -2.04. The van der Waals surface area contributed by atoms with Crippen molar-refractivity contribution in [1.29, 1.82) is 0 Å². The smallest absolute Gasteiger partial charge is 0.338 e. The van der Waals surface area contributed by atoms with Crippen LogP contribution in [-0.2, 0) is 9.53 Å². The number of carbonyl (C=O) groups is 2. The Morgan fingerprint density at radius 1 is 1.41 bits per heavy atom. The Kier molecular flexibility index (Phi) is 3.73. The molecule has 5 nitrogen and oxygen atoms in total. The van der Waals surface area contributed by atoms with Crippen molar-refractivity contribution in [3.05, 3.63) is 29.8 Å². The second-order valence-corrected chi connectivity index (χ2v) is 4.39. The second-order valence-electron chi connectivity index (χ2n) is 4.39. The zero-order valence-corrected chi connectivity index (χ0v) is 9.77. The number of esters is 1. The predicted molar refractivity (Wildman–Crippen MR) is 62.6 cm³/mol. The monoisotopic (exact) mass is 237 g/mol. The molecule has 0 unspecified atom stereocenters. The molecule has 92 valence electrons. The fourth-order valence-corrected chi connectivity index (χ4v) is 1.06. The Balaban J connectivity index is 2.65. The predicted octanol–water partition coefficient (Wildman–Crippen LogP) is 1.54. The van der Waals surface area contributed by atoms with E-state index in [1.807, 2.05) is 0 Å². The summed E-state index contributed by atoms with van der Waals surface area (Å²) in [5.74, 6) is -1.59. The Morgan fingerprint density at radius 2 is 2.06 bits per heavy atom. The van der Waals surface area contributed by atoms with Crippen molar-refractivity contribution >= 4 is 17.6 Å². The van der Waals surface area contributed by atoms with Gasteiger partial charge in [0.15, 0.2) is 0 Å². The minimum Gasteiger partial charge on any atom is -0.481 e. The highest BCUT2D eigenvalue weighted by atomic mass is 16.5. The first kappa shape index (κ1) is 13.0. The first-order valence-electron chi connectivity index (χ1n) is 5.09. The van der Waals surface area contributed by atoms with Gasteiger partial charge in [-0.05, 0) is 32.0 Å². The van der Waals surface area contributed by atoms with E-state index in [2.05, 4.69) is 0 Å². The number of carbonyl (C=O) groups excluding carboxylic acids is 1. The van der Waals surface area contributed by atoms with E-state index in [9.17, 15) is 9.59 Å². The molecule has 0 atom stereocenters. The molecule has 0 saturated heterocycles. The fraction of sp³-hybridized carbons (Fsp3) is 0.333. The van der Waals surface area contributed by atoms with Crippen LogP contribution in [0.2, 0.25) is 0 Å². The molecule has 0 spiro atoms. The summed E-state index contributed by atoms with van der Waals surface area (Å²) in [6.45, 7) is 2.79. The van der Waals surface area contributed by atoms with Gasteiger partial charge in [0.2, 0.25) is 0 Å². The Morgan fingerprint density at radius 3 is 2.59 bits per heavy atom. The first-order valence-corrected chi connectivity index (χ1v) is 5.09. The number of hydrogen-bond donors (Lipinski definition) is 2. The summed E-state index contributed by atoms with van der Waals surface area (Å²) in [5, 5.41) is 8.86. The summed E-state index contributed by atoms with van der Waals surface area (Å²) in [7, 11) is 0. The normalized spacial score (nSPS) is 10.9. The molecule has 0 heterocycles. The lowest BCUT2D eigenvalue weighted by molar-refractivity contribution is -0.149. The van der Waals surface area contributed by atoms with Crippen LogP contribution in [0, 0.1) is 5.41 Å². The SMILES string of the molecule is CC(C)(COC(=O)c1cccc(N)c1)C(=O)O. The summed E-state index contributed by atoms with van der Waals surface area (Å²) < 4.78 is 4.93. The zero-order valence-electron chi connectivity index (χ0n) is 9.77. The minimum absolute atomic E-state index is 0.185. The molecule has 0 amide bonds. The molecular formula is C12H15NO4. The average molecular weight is 237 g/mol. The minimum atomic E-state index is -1.10. The summed E-state index contributed by atoms with van der Waals surface area (Å²) in [6, 6.07) is 6.33. The zero-order chi connectivity index (χ0) is 13.1. The van der Waals surface area contributed by atoms with E-state index >= 15 is 0 Å². The maximum atomic E-state index is 11.6. The van der Waals surface area contributed by atoms with Crippen LogP contribution >= 0.6 is 0 Å². The number of nitrogen functional groups attached to an aromatic ring is 1. The number of aliphatic carboxylic acids is 1. The number of benzene rings is 1. The molecular weight excluding hydrogens is 222 g/mol. The lowest BCUT2D eigenvalue weighted by Crippen LogP contribution is -2.30. The summed E-state index contributed by atoms with van der Waals surface area (Å²) >= 11 is 0. The van der Waals surface area contributed by atoms with Crippen LogP contribution in [0.15, 0.2) is 24.3 Å². The molecule has 0 fully saturated rings. The van der Waals surface area contributed by atoms with E-state index in [1.54, 1.807) is 18.2 Å². The average Bonchev–Trinajstić information content (AvgIpc) is 2.25. The molecule has 0 radical (unpaired) electrons. The van der Waals surface area contributed by atoms with Crippen molar-refractivity contribution in [1.82, 2.24) is 0 Å². The molecule has 1 aromatic carbocycles. The maximum absolute atomic E-state index is 11.6. The molecule has 0 aromatic heterocycles. The van der Waals surface area contributed by atoms with Gasteiger partial charge in [0.25, 0.3) is 0 Å². The van der Waals surface area contributed by atoms with Gasteiger partial charge in [-0.25, -0.2) is 4.79 Å². The van der Waals surface area contributed by atoms with Crippen molar-refractivity contribution in [2.45, 2.75) is 13.8 Å². The van der Waals surface area contributed by atoms with Crippen LogP contribution in [-0.4, -0.2) is 23.7 Å². The molecule has 1 rings (SSSR count). The molecule has 0 aliphatic carbocycles. The first-order chi connectivity index (χ1) is 7.83. The molecule has 1 aromatic rings. The van der Waals surface area contributed by atoms with Gasteiger partial charge in [-0.2, -0.15) is 0 Å². The summed E-state index contributed by atoms with van der Waals surface area (Å²) in [6.07, 6.45) is 0. The Labute approximate surface area is 99.2 Å². The van der Waals surface area contributed by atoms with Gasteiger partial charge < -0.3 is 15.6 Å². The van der Waals surface area contributed by atoms with Crippen LogP contribution in [0.5, 0.6) is 0 Å². The van der Waals surface area contributed by atoms with Crippen LogP contribution in [0.1, 0.15) is 24.2 Å². The summed E-state index contributed by atoms with van der Waals surface area (Å²) in [4.78, 5) is 22.4. The lowest BCUT2D eigenvalue weighted by Gasteiger charge is -2.18. The quantitative estimate of drug-likeness (QED) is 0.612. The third-order valence-corrected chi connectivity index (χ3v) is 2.27. The number of rotatable bonds is 4. The van der Waals surface area contributed by atoms with Crippen molar-refractivity contribution in [3.8, 4) is 0 Å². The number of hydrogen-bond acceptors (Lipinski definition) is 4. The van der Waals surface area contributed by atoms with Gasteiger partial charge in [-0.1, -0.05) is 6.07 Å². The molecule has 0 saturated carbocycles. The van der Waals surface area contributed by atoms with Crippen molar-refractivity contribution in [3.63, 3.8) is 0 Å². The standard InChI is InChI=1S/C12H15NO4/c1-12(2,11(15)16)7-17-10(14)8-4-3-5-9(13)6-8/h3-6H,7,13H2,1-2H3,(H,15,16). The van der Waals surface area contributed by atoms with E-state index in [4.69, 9.17) is 15.6 Å². The number of carboxylic acids is 1. The highest BCUT2D eigenvalue weighted by Crippen LogP contribution is 2.17. The topological polar surface area (TPSA) is 89.6 Å².